The second kappa shape index (κ2) is 6.96. The number of hydrogen-bond donors (Lipinski definition) is 0. The molecule has 0 aliphatic rings. The number of nitrogens with zero attached hydrogens (tertiary/aromatic N) is 1. The van der Waals surface area contributed by atoms with E-state index in [2.05, 4.69) is 53.4 Å². The summed E-state index contributed by atoms with van der Waals surface area (Å²) in [4.78, 5) is 0. The van der Waals surface area contributed by atoms with E-state index in [4.69, 9.17) is 0 Å². The summed E-state index contributed by atoms with van der Waals surface area (Å²) in [7, 11) is 0. The van der Waals surface area contributed by atoms with Gasteiger partial charge < -0.3 is 17.0 Å². The molecule has 0 atom stereocenters. The van der Waals surface area contributed by atoms with Gasteiger partial charge in [0.2, 0.25) is 0 Å². The second-order valence-corrected chi connectivity index (χ2v) is 3.39. The van der Waals surface area contributed by atoms with Crippen LogP contribution in [-0.4, -0.2) is 0 Å². The van der Waals surface area contributed by atoms with Crippen molar-refractivity contribution < 1.29 is 21.5 Å². The Balaban J connectivity index is 0.00000128. The van der Waals surface area contributed by atoms with Gasteiger partial charge in [-0.25, -0.2) is 4.57 Å². The molecular weight excluding hydrogens is 262 g/mol. The first-order valence-electron chi connectivity index (χ1n) is 5.11. The molecule has 0 saturated carbocycles. The molecule has 0 N–H and O–H groups in total. The first kappa shape index (κ1) is 12.7. The Morgan fingerprint density at radius 3 is 2.19 bits per heavy atom. The van der Waals surface area contributed by atoms with Crippen molar-refractivity contribution in [1.82, 2.24) is 0 Å². The standard InChI is InChI=1S/C14H14N.BrH/c1-3-8-14(9-4-1)10-7-13-15-11-5-2-6-12-15;/h1-12H,13H2;1H/q+1;/p-1. The molecule has 0 aliphatic carbocycles. The van der Waals surface area contributed by atoms with Crippen LogP contribution < -0.4 is 21.5 Å². The van der Waals surface area contributed by atoms with Crippen LogP contribution in [-0.2, 0) is 6.54 Å². The summed E-state index contributed by atoms with van der Waals surface area (Å²) in [6.45, 7) is 0.912. The summed E-state index contributed by atoms with van der Waals surface area (Å²) >= 11 is 0. The van der Waals surface area contributed by atoms with Crippen LogP contribution in [0.3, 0.4) is 0 Å². The Morgan fingerprint density at radius 2 is 1.50 bits per heavy atom. The van der Waals surface area contributed by atoms with E-state index in [9.17, 15) is 0 Å². The van der Waals surface area contributed by atoms with Gasteiger partial charge >= 0.3 is 0 Å². The lowest BCUT2D eigenvalue weighted by Gasteiger charge is -1.91. The summed E-state index contributed by atoms with van der Waals surface area (Å²) in [5, 5.41) is 0. The lowest BCUT2D eigenvalue weighted by Crippen LogP contribution is -3.00. The number of aromatic nitrogens is 1. The molecule has 0 unspecified atom stereocenters. The van der Waals surface area contributed by atoms with Crippen LogP contribution in [0.25, 0.3) is 6.08 Å². The Labute approximate surface area is 107 Å². The Bertz CT molecular complexity index is 423. The first-order valence-corrected chi connectivity index (χ1v) is 5.11. The maximum absolute atomic E-state index is 2.16. The van der Waals surface area contributed by atoms with Crippen LogP contribution in [0.4, 0.5) is 0 Å². The highest BCUT2D eigenvalue weighted by atomic mass is 79.9. The Morgan fingerprint density at radius 1 is 0.875 bits per heavy atom. The zero-order valence-electron chi connectivity index (χ0n) is 8.96. The molecule has 1 heterocycles. The topological polar surface area (TPSA) is 3.88 Å². The summed E-state index contributed by atoms with van der Waals surface area (Å²) in [5.74, 6) is 0. The van der Waals surface area contributed by atoms with E-state index >= 15 is 0 Å². The maximum atomic E-state index is 2.16. The van der Waals surface area contributed by atoms with Crippen molar-refractivity contribution in [3.05, 3.63) is 72.6 Å². The zero-order valence-corrected chi connectivity index (χ0v) is 10.5. The van der Waals surface area contributed by atoms with E-state index < -0.39 is 0 Å². The largest absolute Gasteiger partial charge is 1.00 e. The number of benzene rings is 1. The van der Waals surface area contributed by atoms with Crippen molar-refractivity contribution in [3.8, 4) is 0 Å². The molecule has 1 aromatic carbocycles. The molecule has 0 aliphatic heterocycles. The Kier molecular flexibility index (Phi) is 5.51. The van der Waals surface area contributed by atoms with Gasteiger partial charge in [0.25, 0.3) is 0 Å². The van der Waals surface area contributed by atoms with Crippen LogP contribution in [0.15, 0.2) is 67.0 Å². The highest BCUT2D eigenvalue weighted by Crippen LogP contribution is 2.00. The number of rotatable bonds is 3. The molecule has 0 spiro atoms. The van der Waals surface area contributed by atoms with Crippen LogP contribution in [0.1, 0.15) is 5.56 Å². The third kappa shape index (κ3) is 3.99. The molecule has 0 bridgehead atoms. The first-order chi connectivity index (χ1) is 7.45. The van der Waals surface area contributed by atoms with Gasteiger partial charge in [-0.05, 0) is 11.6 Å². The van der Waals surface area contributed by atoms with Crippen molar-refractivity contribution in [2.75, 3.05) is 0 Å². The van der Waals surface area contributed by atoms with Gasteiger partial charge in [-0.2, -0.15) is 0 Å². The van der Waals surface area contributed by atoms with Crippen molar-refractivity contribution >= 4 is 6.08 Å². The van der Waals surface area contributed by atoms with Crippen LogP contribution >= 0.6 is 0 Å². The summed E-state index contributed by atoms with van der Waals surface area (Å²) in [6, 6.07) is 16.4. The van der Waals surface area contributed by atoms with E-state index in [1.807, 2.05) is 24.3 Å². The molecule has 0 fully saturated rings. The normalized spacial score (nSPS) is 10.0. The van der Waals surface area contributed by atoms with E-state index in [0.29, 0.717) is 0 Å². The minimum Gasteiger partial charge on any atom is -1.00 e. The highest BCUT2D eigenvalue weighted by Gasteiger charge is 1.91. The van der Waals surface area contributed by atoms with Crippen LogP contribution in [0, 0.1) is 0 Å². The SMILES string of the molecule is C(=Cc1ccccc1)C[n+]1ccccc1.[Br-]. The smallest absolute Gasteiger partial charge is 0.169 e. The van der Waals surface area contributed by atoms with Crippen molar-refractivity contribution in [2.45, 2.75) is 6.54 Å². The van der Waals surface area contributed by atoms with Crippen molar-refractivity contribution in [1.29, 1.82) is 0 Å². The lowest BCUT2D eigenvalue weighted by atomic mass is 10.2. The van der Waals surface area contributed by atoms with Gasteiger partial charge in [0, 0.05) is 12.1 Å². The maximum Gasteiger partial charge on any atom is 0.169 e. The predicted octanol–water partition coefficient (Wildman–Crippen LogP) is -0.308. The molecule has 2 rings (SSSR count). The molecule has 82 valence electrons. The molecule has 1 aromatic heterocycles. The molecule has 0 saturated heterocycles. The quantitative estimate of drug-likeness (QED) is 0.677. The molecule has 0 radical (unpaired) electrons. The summed E-state index contributed by atoms with van der Waals surface area (Å²) in [5.41, 5.74) is 1.24. The minimum absolute atomic E-state index is 0. The molecule has 1 nitrogen and oxygen atoms in total. The van der Waals surface area contributed by atoms with E-state index in [1.54, 1.807) is 0 Å². The van der Waals surface area contributed by atoms with Crippen LogP contribution in [0.5, 0.6) is 0 Å². The van der Waals surface area contributed by atoms with Gasteiger partial charge in [-0.1, -0.05) is 42.5 Å². The number of halogens is 1. The van der Waals surface area contributed by atoms with Crippen molar-refractivity contribution in [3.63, 3.8) is 0 Å². The van der Waals surface area contributed by atoms with E-state index in [1.165, 1.54) is 5.56 Å². The number of allylic oxidation sites excluding steroid dienone is 1. The van der Waals surface area contributed by atoms with Gasteiger partial charge in [-0.15, -0.1) is 0 Å². The molecule has 0 amide bonds. The molecular formula is C14H14BrN. The summed E-state index contributed by atoms with van der Waals surface area (Å²) in [6.07, 6.45) is 8.43. The van der Waals surface area contributed by atoms with E-state index in [0.717, 1.165) is 6.54 Å². The second-order valence-electron chi connectivity index (χ2n) is 3.39. The average molecular weight is 276 g/mol. The fourth-order valence-corrected chi connectivity index (χ4v) is 1.43. The number of hydrogen-bond acceptors (Lipinski definition) is 0. The van der Waals surface area contributed by atoms with Gasteiger partial charge in [-0.3, -0.25) is 0 Å². The predicted molar refractivity (Wildman–Crippen MR) is 62.1 cm³/mol. The Hall–Kier alpha value is -1.41. The van der Waals surface area contributed by atoms with Crippen molar-refractivity contribution in [2.24, 2.45) is 0 Å². The molecule has 2 aromatic rings. The molecule has 2 heteroatoms. The average Bonchev–Trinajstić information content (AvgIpc) is 2.32. The fraction of sp³-hybridized carbons (Fsp3) is 0.0714. The third-order valence-corrected chi connectivity index (χ3v) is 2.20. The summed E-state index contributed by atoms with van der Waals surface area (Å²) < 4.78 is 2.14. The van der Waals surface area contributed by atoms with E-state index in [-0.39, 0.29) is 17.0 Å². The molecule has 16 heavy (non-hydrogen) atoms. The lowest BCUT2D eigenvalue weighted by molar-refractivity contribution is -0.686. The zero-order chi connectivity index (χ0) is 10.3. The third-order valence-electron chi connectivity index (χ3n) is 2.20. The van der Waals surface area contributed by atoms with Gasteiger partial charge in [0.1, 0.15) is 0 Å². The highest BCUT2D eigenvalue weighted by molar-refractivity contribution is 5.48. The minimum atomic E-state index is 0. The fourth-order valence-electron chi connectivity index (χ4n) is 1.43. The number of pyridine rings is 1. The van der Waals surface area contributed by atoms with Gasteiger partial charge in [0.15, 0.2) is 18.9 Å². The van der Waals surface area contributed by atoms with Gasteiger partial charge in [0.05, 0.1) is 0 Å². The monoisotopic (exact) mass is 275 g/mol. The van der Waals surface area contributed by atoms with Crippen LogP contribution in [0.2, 0.25) is 0 Å².